The van der Waals surface area contributed by atoms with Gasteiger partial charge in [-0.15, -0.1) is 24.0 Å². The first kappa shape index (κ1) is 25.0. The standard InChI is InChI=1S/C20H25F3N6O.HI/c1-2-24-18(25-8-5-14-3-4-16-15(13-14)7-12-30-16)27-10-11-28-19-26-9-6-17(29-19)20(21,22)23;/h3-4,6,9,13H,2,5,7-8,10-12H2,1H3,(H2,24,25,27)(H,26,28,29);1H. The van der Waals surface area contributed by atoms with E-state index < -0.39 is 11.9 Å². The molecule has 1 aliphatic rings. The van der Waals surface area contributed by atoms with Crippen molar-refractivity contribution < 1.29 is 17.9 Å². The zero-order valence-corrected chi connectivity index (χ0v) is 19.5. The Balaban J connectivity index is 0.00000341. The number of nitrogens with zero attached hydrogens (tertiary/aromatic N) is 3. The van der Waals surface area contributed by atoms with Crippen LogP contribution < -0.4 is 20.7 Å². The van der Waals surface area contributed by atoms with Crippen LogP contribution in [0.1, 0.15) is 23.7 Å². The number of hydrogen-bond donors (Lipinski definition) is 3. The molecule has 7 nitrogen and oxygen atoms in total. The lowest BCUT2D eigenvalue weighted by atomic mass is 10.1. The largest absolute Gasteiger partial charge is 0.493 e. The molecule has 0 atom stereocenters. The molecule has 170 valence electrons. The van der Waals surface area contributed by atoms with E-state index in [9.17, 15) is 13.2 Å². The molecule has 1 aliphatic heterocycles. The predicted molar refractivity (Wildman–Crippen MR) is 124 cm³/mol. The van der Waals surface area contributed by atoms with E-state index in [-0.39, 0.29) is 29.9 Å². The molecule has 3 N–H and O–H groups in total. The van der Waals surface area contributed by atoms with Crippen molar-refractivity contribution >= 4 is 35.9 Å². The average Bonchev–Trinajstić information content (AvgIpc) is 3.18. The lowest BCUT2D eigenvalue weighted by molar-refractivity contribution is -0.141. The highest BCUT2D eigenvalue weighted by molar-refractivity contribution is 14.0. The normalized spacial score (nSPS) is 13.1. The number of ether oxygens (including phenoxy) is 1. The SMILES string of the molecule is CCNC(=NCCc1ccc2c(c1)CCO2)NCCNc1nccc(C(F)(F)F)n1.I. The third kappa shape index (κ3) is 7.71. The second-order valence-electron chi connectivity index (χ2n) is 6.67. The number of fused-ring (bicyclic) bond motifs is 1. The van der Waals surface area contributed by atoms with Crippen molar-refractivity contribution in [3.05, 3.63) is 47.3 Å². The van der Waals surface area contributed by atoms with Gasteiger partial charge in [0.05, 0.1) is 6.61 Å². The van der Waals surface area contributed by atoms with Gasteiger partial charge in [-0.05, 0) is 36.6 Å². The monoisotopic (exact) mass is 550 g/mol. The topological polar surface area (TPSA) is 83.5 Å². The number of halogens is 4. The van der Waals surface area contributed by atoms with Crippen LogP contribution in [0.25, 0.3) is 0 Å². The molecular weight excluding hydrogens is 524 g/mol. The minimum absolute atomic E-state index is 0. The molecule has 0 radical (unpaired) electrons. The zero-order chi connectivity index (χ0) is 21.4. The number of benzene rings is 1. The molecule has 0 saturated carbocycles. The van der Waals surface area contributed by atoms with Crippen molar-refractivity contribution in [2.75, 3.05) is 38.1 Å². The van der Waals surface area contributed by atoms with Gasteiger partial charge in [-0.2, -0.15) is 13.2 Å². The van der Waals surface area contributed by atoms with Gasteiger partial charge in [0.1, 0.15) is 11.4 Å². The van der Waals surface area contributed by atoms with Crippen LogP contribution in [0.3, 0.4) is 0 Å². The predicted octanol–water partition coefficient (Wildman–Crippen LogP) is 3.26. The molecular formula is C20H26F3IN6O. The molecule has 11 heteroatoms. The summed E-state index contributed by atoms with van der Waals surface area (Å²) in [5, 5.41) is 9.07. The Kier molecular flexibility index (Phi) is 9.59. The maximum Gasteiger partial charge on any atom is 0.433 e. The van der Waals surface area contributed by atoms with Crippen LogP contribution in [0.2, 0.25) is 0 Å². The number of hydrogen-bond acceptors (Lipinski definition) is 5. The van der Waals surface area contributed by atoms with E-state index in [2.05, 4.69) is 43.0 Å². The lowest BCUT2D eigenvalue weighted by Crippen LogP contribution is -2.39. The maximum absolute atomic E-state index is 12.7. The molecule has 2 heterocycles. The summed E-state index contributed by atoms with van der Waals surface area (Å²) in [7, 11) is 0. The fraction of sp³-hybridized carbons (Fsp3) is 0.450. The van der Waals surface area contributed by atoms with Gasteiger partial charge in [0.2, 0.25) is 5.95 Å². The molecule has 0 saturated heterocycles. The first-order chi connectivity index (χ1) is 14.5. The van der Waals surface area contributed by atoms with E-state index in [1.807, 2.05) is 13.0 Å². The Labute approximate surface area is 196 Å². The van der Waals surface area contributed by atoms with E-state index in [0.717, 1.165) is 37.5 Å². The third-order valence-electron chi connectivity index (χ3n) is 4.42. The molecule has 0 unspecified atom stereocenters. The molecule has 1 aromatic heterocycles. The van der Waals surface area contributed by atoms with Gasteiger partial charge >= 0.3 is 6.18 Å². The summed E-state index contributed by atoms with van der Waals surface area (Å²) in [5.74, 6) is 1.55. The van der Waals surface area contributed by atoms with E-state index in [1.54, 1.807) is 0 Å². The second-order valence-corrected chi connectivity index (χ2v) is 6.67. The highest BCUT2D eigenvalue weighted by atomic mass is 127. The Hall–Kier alpha value is -2.31. The summed E-state index contributed by atoms with van der Waals surface area (Å²) in [6.07, 6.45) is -1.66. The van der Waals surface area contributed by atoms with Crippen molar-refractivity contribution in [1.29, 1.82) is 0 Å². The molecule has 0 spiro atoms. The van der Waals surface area contributed by atoms with E-state index in [4.69, 9.17) is 4.74 Å². The molecule has 1 aromatic carbocycles. The van der Waals surface area contributed by atoms with Gasteiger partial charge < -0.3 is 20.7 Å². The summed E-state index contributed by atoms with van der Waals surface area (Å²) in [6.45, 7) is 4.81. The van der Waals surface area contributed by atoms with Gasteiger partial charge in [0, 0.05) is 38.8 Å². The Morgan fingerprint density at radius 3 is 2.81 bits per heavy atom. The summed E-state index contributed by atoms with van der Waals surface area (Å²) in [5.41, 5.74) is 1.48. The highest BCUT2D eigenvalue weighted by Crippen LogP contribution is 2.27. The van der Waals surface area contributed by atoms with Crippen LogP contribution in [0, 0.1) is 0 Å². The van der Waals surface area contributed by atoms with E-state index in [1.165, 1.54) is 11.1 Å². The smallest absolute Gasteiger partial charge is 0.433 e. The minimum atomic E-state index is -4.49. The average molecular weight is 550 g/mol. The van der Waals surface area contributed by atoms with E-state index >= 15 is 0 Å². The first-order valence-electron chi connectivity index (χ1n) is 9.86. The molecule has 0 bridgehead atoms. The van der Waals surface area contributed by atoms with Crippen LogP contribution >= 0.6 is 24.0 Å². The van der Waals surface area contributed by atoms with Gasteiger partial charge in [0.25, 0.3) is 0 Å². The van der Waals surface area contributed by atoms with Crippen molar-refractivity contribution in [2.45, 2.75) is 25.9 Å². The lowest BCUT2D eigenvalue weighted by Gasteiger charge is -2.12. The fourth-order valence-electron chi connectivity index (χ4n) is 2.99. The van der Waals surface area contributed by atoms with Gasteiger partial charge in [0.15, 0.2) is 5.96 Å². The molecule has 31 heavy (non-hydrogen) atoms. The first-order valence-corrected chi connectivity index (χ1v) is 9.86. The Morgan fingerprint density at radius 1 is 1.19 bits per heavy atom. The van der Waals surface area contributed by atoms with Crippen LogP contribution in [0.4, 0.5) is 19.1 Å². The van der Waals surface area contributed by atoms with Gasteiger partial charge in [-0.1, -0.05) is 12.1 Å². The fourth-order valence-corrected chi connectivity index (χ4v) is 2.99. The molecule has 0 fully saturated rings. The van der Waals surface area contributed by atoms with Crippen molar-refractivity contribution in [3.63, 3.8) is 0 Å². The third-order valence-corrected chi connectivity index (χ3v) is 4.42. The molecule has 0 amide bonds. The number of aromatic nitrogens is 2. The number of anilines is 1. The number of alkyl halides is 3. The summed E-state index contributed by atoms with van der Waals surface area (Å²) in [4.78, 5) is 11.8. The molecule has 0 aliphatic carbocycles. The zero-order valence-electron chi connectivity index (χ0n) is 17.1. The Morgan fingerprint density at radius 2 is 2.03 bits per heavy atom. The molecule has 2 aromatic rings. The van der Waals surface area contributed by atoms with E-state index in [0.29, 0.717) is 32.1 Å². The number of aliphatic imine (C=N–C) groups is 1. The highest BCUT2D eigenvalue weighted by Gasteiger charge is 2.32. The number of nitrogens with one attached hydrogen (secondary N) is 3. The van der Waals surface area contributed by atoms with Crippen LogP contribution in [0.15, 0.2) is 35.5 Å². The van der Waals surface area contributed by atoms with Crippen LogP contribution in [0.5, 0.6) is 5.75 Å². The summed E-state index contributed by atoms with van der Waals surface area (Å²) in [6, 6.07) is 7.07. The van der Waals surface area contributed by atoms with Crippen LogP contribution in [-0.2, 0) is 19.0 Å². The minimum Gasteiger partial charge on any atom is -0.493 e. The van der Waals surface area contributed by atoms with Gasteiger partial charge in [-0.25, -0.2) is 9.97 Å². The maximum atomic E-state index is 12.7. The van der Waals surface area contributed by atoms with Gasteiger partial charge in [-0.3, -0.25) is 4.99 Å². The quantitative estimate of drug-likeness (QED) is 0.203. The second kappa shape index (κ2) is 11.9. The number of guanidine groups is 1. The van der Waals surface area contributed by atoms with Crippen molar-refractivity contribution in [2.24, 2.45) is 4.99 Å². The Bertz CT molecular complexity index is 878. The summed E-state index contributed by atoms with van der Waals surface area (Å²) >= 11 is 0. The van der Waals surface area contributed by atoms with Crippen LogP contribution in [-0.4, -0.2) is 48.7 Å². The summed E-state index contributed by atoms with van der Waals surface area (Å²) < 4.78 is 43.6. The number of rotatable bonds is 8. The molecule has 3 rings (SSSR count). The van der Waals surface area contributed by atoms with Crippen molar-refractivity contribution in [3.8, 4) is 5.75 Å². The van der Waals surface area contributed by atoms with Crippen molar-refractivity contribution in [1.82, 2.24) is 20.6 Å².